The normalized spacial score (nSPS) is 14.0. The summed E-state index contributed by atoms with van der Waals surface area (Å²) in [5.41, 5.74) is -0.0539. The molecule has 0 amide bonds. The molecule has 0 saturated heterocycles. The van der Waals surface area contributed by atoms with Gasteiger partial charge in [-0.05, 0) is 30.9 Å². The summed E-state index contributed by atoms with van der Waals surface area (Å²) < 4.78 is 38.0. The molecule has 0 N–H and O–H groups in total. The van der Waals surface area contributed by atoms with Crippen molar-refractivity contribution in [2.45, 2.75) is 39.3 Å². The molecule has 0 aliphatic carbocycles. The first-order valence-electron chi connectivity index (χ1n) is 4.91. The van der Waals surface area contributed by atoms with E-state index < -0.39 is 11.9 Å². The molecule has 1 nitrogen and oxygen atoms in total. The minimum absolute atomic E-state index is 0.116. The van der Waals surface area contributed by atoms with E-state index in [1.165, 1.54) is 6.07 Å². The number of nitrogens with zero attached hydrogens (tertiary/aromatic N) is 1. The number of pyridine rings is 1. The quantitative estimate of drug-likeness (QED) is 0.731. The zero-order valence-electron chi connectivity index (χ0n) is 9.02. The highest BCUT2D eigenvalue weighted by molar-refractivity contribution is 5.28. The largest absolute Gasteiger partial charge is 0.433 e. The lowest BCUT2D eigenvalue weighted by Crippen LogP contribution is -2.14. The highest BCUT2D eigenvalue weighted by Gasteiger charge is 2.36. The van der Waals surface area contributed by atoms with Crippen LogP contribution in [0.2, 0.25) is 0 Å². The summed E-state index contributed by atoms with van der Waals surface area (Å²) in [7, 11) is 0. The molecule has 0 saturated carbocycles. The number of alkyl halides is 3. The Morgan fingerprint density at radius 3 is 2.40 bits per heavy atom. The summed E-state index contributed by atoms with van der Waals surface area (Å²) in [5, 5.41) is 0. The first-order valence-corrected chi connectivity index (χ1v) is 4.91. The summed E-state index contributed by atoms with van der Waals surface area (Å²) in [6, 6.07) is 3.15. The summed E-state index contributed by atoms with van der Waals surface area (Å²) >= 11 is 0. The van der Waals surface area contributed by atoms with Crippen molar-refractivity contribution in [1.29, 1.82) is 0 Å². The zero-order valence-corrected chi connectivity index (χ0v) is 9.02. The lowest BCUT2D eigenvalue weighted by Gasteiger charge is -2.16. The minimum Gasteiger partial charge on any atom is -0.248 e. The molecule has 0 aliphatic heterocycles. The third kappa shape index (κ3) is 2.70. The average Bonchev–Trinajstić information content (AvgIpc) is 2.15. The van der Waals surface area contributed by atoms with Crippen LogP contribution in [0, 0.1) is 6.92 Å². The highest BCUT2D eigenvalue weighted by atomic mass is 19.4. The van der Waals surface area contributed by atoms with Crippen LogP contribution in [0.25, 0.3) is 0 Å². The van der Waals surface area contributed by atoms with Crippen LogP contribution in [0.1, 0.15) is 43.1 Å². The maximum Gasteiger partial charge on any atom is 0.433 e. The van der Waals surface area contributed by atoms with Crippen LogP contribution in [-0.4, -0.2) is 4.98 Å². The van der Waals surface area contributed by atoms with Crippen molar-refractivity contribution >= 4 is 0 Å². The topological polar surface area (TPSA) is 12.9 Å². The first-order chi connectivity index (χ1) is 6.86. The molecule has 15 heavy (non-hydrogen) atoms. The molecule has 84 valence electrons. The van der Waals surface area contributed by atoms with Gasteiger partial charge in [0, 0.05) is 5.69 Å². The Bertz CT molecular complexity index is 344. The molecule has 0 radical (unpaired) electrons. The van der Waals surface area contributed by atoms with Crippen LogP contribution in [-0.2, 0) is 6.18 Å². The van der Waals surface area contributed by atoms with E-state index in [2.05, 4.69) is 4.98 Å². The van der Waals surface area contributed by atoms with Crippen LogP contribution in [0.5, 0.6) is 0 Å². The molecule has 4 heteroatoms. The van der Waals surface area contributed by atoms with Crippen LogP contribution < -0.4 is 0 Å². The van der Waals surface area contributed by atoms with Crippen molar-refractivity contribution in [2.24, 2.45) is 0 Å². The van der Waals surface area contributed by atoms with Gasteiger partial charge in [0.05, 0.1) is 0 Å². The van der Waals surface area contributed by atoms with Crippen LogP contribution in [0.4, 0.5) is 13.2 Å². The van der Waals surface area contributed by atoms with E-state index >= 15 is 0 Å². The molecule has 0 fully saturated rings. The third-order valence-corrected chi connectivity index (χ3v) is 2.48. The smallest absolute Gasteiger partial charge is 0.248 e. The molecule has 1 atom stereocenters. The number of aryl methyl sites for hydroxylation is 1. The van der Waals surface area contributed by atoms with E-state index in [1.807, 2.05) is 6.92 Å². The standard InChI is InChI=1S/C11H14F3N/c1-4-7(2)9-6-5-8(3)15-10(9)11(12,13)14/h5-7H,4H2,1-3H3. The highest BCUT2D eigenvalue weighted by Crippen LogP contribution is 2.34. The van der Waals surface area contributed by atoms with Gasteiger partial charge in [-0.3, -0.25) is 0 Å². The SMILES string of the molecule is CCC(C)c1ccc(C)nc1C(F)(F)F. The second-order valence-corrected chi connectivity index (χ2v) is 3.70. The first kappa shape index (κ1) is 12.0. The Hall–Kier alpha value is -1.06. The molecular weight excluding hydrogens is 203 g/mol. The van der Waals surface area contributed by atoms with Gasteiger partial charge >= 0.3 is 6.18 Å². The molecule has 1 rings (SSSR count). The predicted molar refractivity (Wildman–Crippen MR) is 52.7 cm³/mol. The van der Waals surface area contributed by atoms with Crippen molar-refractivity contribution in [1.82, 2.24) is 4.98 Å². The Morgan fingerprint density at radius 2 is 1.93 bits per heavy atom. The predicted octanol–water partition coefficient (Wildman–Crippen LogP) is 3.92. The number of hydrogen-bond donors (Lipinski definition) is 0. The zero-order chi connectivity index (χ0) is 11.6. The van der Waals surface area contributed by atoms with E-state index in [0.29, 0.717) is 12.1 Å². The average molecular weight is 217 g/mol. The minimum atomic E-state index is -4.36. The molecule has 0 aliphatic rings. The van der Waals surface area contributed by atoms with E-state index in [9.17, 15) is 13.2 Å². The molecule has 1 aromatic rings. The monoisotopic (exact) mass is 217 g/mol. The van der Waals surface area contributed by atoms with Gasteiger partial charge in [-0.15, -0.1) is 0 Å². The van der Waals surface area contributed by atoms with Gasteiger partial charge < -0.3 is 0 Å². The van der Waals surface area contributed by atoms with Crippen molar-refractivity contribution in [3.8, 4) is 0 Å². The van der Waals surface area contributed by atoms with Gasteiger partial charge in [-0.1, -0.05) is 19.9 Å². The summed E-state index contributed by atoms with van der Waals surface area (Å²) in [6.45, 7) is 5.21. The second-order valence-electron chi connectivity index (χ2n) is 3.70. The second kappa shape index (κ2) is 4.21. The van der Waals surface area contributed by atoms with Crippen molar-refractivity contribution in [2.75, 3.05) is 0 Å². The number of aromatic nitrogens is 1. The lowest BCUT2D eigenvalue weighted by atomic mass is 9.96. The van der Waals surface area contributed by atoms with Crippen LogP contribution in [0.15, 0.2) is 12.1 Å². The molecule has 0 aromatic carbocycles. The fraction of sp³-hybridized carbons (Fsp3) is 0.545. The number of hydrogen-bond acceptors (Lipinski definition) is 1. The molecule has 0 bridgehead atoms. The number of halogens is 3. The summed E-state index contributed by atoms with van der Waals surface area (Å²) in [6.07, 6.45) is -3.68. The lowest BCUT2D eigenvalue weighted by molar-refractivity contribution is -0.142. The van der Waals surface area contributed by atoms with Gasteiger partial charge in [-0.25, -0.2) is 4.98 Å². The maximum absolute atomic E-state index is 12.7. The fourth-order valence-corrected chi connectivity index (χ4v) is 1.41. The van der Waals surface area contributed by atoms with Crippen molar-refractivity contribution in [3.63, 3.8) is 0 Å². The van der Waals surface area contributed by atoms with Crippen molar-refractivity contribution in [3.05, 3.63) is 29.1 Å². The molecule has 0 spiro atoms. The Kier molecular flexibility index (Phi) is 3.37. The van der Waals surface area contributed by atoms with Gasteiger partial charge in [-0.2, -0.15) is 13.2 Å². The van der Waals surface area contributed by atoms with E-state index in [1.54, 1.807) is 19.9 Å². The molecule has 1 aromatic heterocycles. The molecule has 1 unspecified atom stereocenters. The van der Waals surface area contributed by atoms with Crippen molar-refractivity contribution < 1.29 is 13.2 Å². The maximum atomic E-state index is 12.7. The van der Waals surface area contributed by atoms with E-state index in [-0.39, 0.29) is 11.5 Å². The van der Waals surface area contributed by atoms with Gasteiger partial charge in [0.1, 0.15) is 5.69 Å². The number of rotatable bonds is 2. The van der Waals surface area contributed by atoms with Gasteiger partial charge in [0.15, 0.2) is 0 Å². The summed E-state index contributed by atoms with van der Waals surface area (Å²) in [4.78, 5) is 3.59. The van der Waals surface area contributed by atoms with E-state index in [0.717, 1.165) is 0 Å². The molecule has 1 heterocycles. The van der Waals surface area contributed by atoms with Crippen LogP contribution >= 0.6 is 0 Å². The van der Waals surface area contributed by atoms with Gasteiger partial charge in [0.2, 0.25) is 0 Å². The van der Waals surface area contributed by atoms with Gasteiger partial charge in [0.25, 0.3) is 0 Å². The summed E-state index contributed by atoms with van der Waals surface area (Å²) in [5.74, 6) is -0.116. The van der Waals surface area contributed by atoms with Crippen LogP contribution in [0.3, 0.4) is 0 Å². The Labute approximate surface area is 87.3 Å². The Morgan fingerprint density at radius 1 is 1.33 bits per heavy atom. The fourth-order valence-electron chi connectivity index (χ4n) is 1.41. The Balaban J connectivity index is 3.27. The third-order valence-electron chi connectivity index (χ3n) is 2.48. The molecular formula is C11H14F3N. The van der Waals surface area contributed by atoms with E-state index in [4.69, 9.17) is 0 Å².